The van der Waals surface area contributed by atoms with Gasteiger partial charge in [0.05, 0.1) is 5.52 Å². The normalized spacial score (nSPS) is 14.5. The third kappa shape index (κ3) is 4.63. The van der Waals surface area contributed by atoms with Gasteiger partial charge in [0.25, 0.3) is 5.91 Å². The fourth-order valence-corrected chi connectivity index (χ4v) is 4.23. The summed E-state index contributed by atoms with van der Waals surface area (Å²) in [5.41, 5.74) is 3.43. The molecule has 1 amide bonds. The molecule has 0 unspecified atom stereocenters. The molecule has 6 nitrogen and oxygen atoms in total. The molecule has 1 fully saturated rings. The Labute approximate surface area is 196 Å². The number of H-pyrrole nitrogens is 1. The van der Waals surface area contributed by atoms with Gasteiger partial charge in [-0.25, -0.2) is 8.78 Å². The summed E-state index contributed by atoms with van der Waals surface area (Å²) < 4.78 is 27.6. The van der Waals surface area contributed by atoms with Crippen LogP contribution in [-0.2, 0) is 6.42 Å². The molecule has 0 bridgehead atoms. The van der Waals surface area contributed by atoms with Crippen LogP contribution in [0.25, 0.3) is 10.9 Å². The Hall–Kier alpha value is -3.78. The zero-order valence-electron chi connectivity index (χ0n) is 18.8. The topological polar surface area (TPSA) is 64.3 Å². The predicted molar refractivity (Wildman–Crippen MR) is 129 cm³/mol. The molecule has 3 aromatic carbocycles. The summed E-state index contributed by atoms with van der Waals surface area (Å²) in [7, 11) is 2.12. The van der Waals surface area contributed by atoms with Gasteiger partial charge in [-0.1, -0.05) is 6.07 Å². The smallest absolute Gasteiger partial charge is 0.256 e. The highest BCUT2D eigenvalue weighted by Crippen LogP contribution is 2.25. The monoisotopic (exact) mass is 461 g/mol. The maximum Gasteiger partial charge on any atom is 0.256 e. The minimum absolute atomic E-state index is 0.228. The molecule has 0 aliphatic carbocycles. The average Bonchev–Trinajstić information content (AvgIpc) is 3.24. The highest BCUT2D eigenvalue weighted by Gasteiger charge is 2.16. The summed E-state index contributed by atoms with van der Waals surface area (Å²) in [6.07, 6.45) is 0.228. The number of likely N-dealkylation sites (N-methyl/N-ethyl adjacent to an activating group) is 1. The van der Waals surface area contributed by atoms with E-state index in [9.17, 15) is 13.6 Å². The van der Waals surface area contributed by atoms with Gasteiger partial charge < -0.3 is 15.1 Å². The zero-order valence-corrected chi connectivity index (χ0v) is 18.8. The number of piperazine rings is 1. The zero-order chi connectivity index (χ0) is 23.7. The van der Waals surface area contributed by atoms with Gasteiger partial charge in [0.2, 0.25) is 0 Å². The number of aromatic amines is 1. The van der Waals surface area contributed by atoms with Crippen molar-refractivity contribution in [3.63, 3.8) is 0 Å². The molecule has 1 aromatic heterocycles. The van der Waals surface area contributed by atoms with Gasteiger partial charge in [-0.15, -0.1) is 0 Å². The standard InChI is InChI=1S/C26H25F2N5O/c1-32-10-12-33(13-11-32)21-6-3-18(4-7-21)26(34)29-25-22-15-17(2-9-24(22)30-31-25)14-19-16-20(27)5-8-23(19)28/h2-9,15-16H,10-14H2,1H3,(H2,29,30,31,34). The van der Waals surface area contributed by atoms with Crippen LogP contribution in [0.5, 0.6) is 0 Å². The quantitative estimate of drug-likeness (QED) is 0.461. The van der Waals surface area contributed by atoms with E-state index in [0.29, 0.717) is 16.8 Å². The number of hydrogen-bond donors (Lipinski definition) is 2. The number of hydrogen-bond acceptors (Lipinski definition) is 4. The number of aromatic nitrogens is 2. The van der Waals surface area contributed by atoms with E-state index < -0.39 is 11.6 Å². The van der Waals surface area contributed by atoms with Crippen molar-refractivity contribution < 1.29 is 13.6 Å². The second-order valence-corrected chi connectivity index (χ2v) is 8.66. The molecule has 34 heavy (non-hydrogen) atoms. The molecule has 5 rings (SSSR count). The lowest BCUT2D eigenvalue weighted by atomic mass is 10.0. The third-order valence-electron chi connectivity index (χ3n) is 6.26. The third-order valence-corrected chi connectivity index (χ3v) is 6.26. The molecular weight excluding hydrogens is 436 g/mol. The van der Waals surface area contributed by atoms with Crippen LogP contribution in [0.2, 0.25) is 0 Å². The molecule has 1 aliphatic heterocycles. The second kappa shape index (κ2) is 9.23. The first-order valence-corrected chi connectivity index (χ1v) is 11.2. The number of amides is 1. The summed E-state index contributed by atoms with van der Waals surface area (Å²) in [5.74, 6) is -0.806. The number of rotatable bonds is 5. The number of carbonyl (C=O) groups excluding carboxylic acids is 1. The predicted octanol–water partition coefficient (Wildman–Crippen LogP) is 4.44. The van der Waals surface area contributed by atoms with E-state index >= 15 is 0 Å². The number of anilines is 2. The minimum atomic E-state index is -0.479. The molecule has 0 spiro atoms. The van der Waals surface area contributed by atoms with Crippen molar-refractivity contribution >= 4 is 28.3 Å². The molecule has 0 saturated carbocycles. The number of fused-ring (bicyclic) bond motifs is 1. The maximum absolute atomic E-state index is 14.1. The molecule has 1 saturated heterocycles. The number of nitrogens with one attached hydrogen (secondary N) is 2. The Morgan fingerprint density at radius 2 is 1.76 bits per heavy atom. The number of benzene rings is 3. The van der Waals surface area contributed by atoms with Gasteiger partial charge in [0.1, 0.15) is 11.6 Å². The van der Waals surface area contributed by atoms with E-state index in [4.69, 9.17) is 0 Å². The fourth-order valence-electron chi connectivity index (χ4n) is 4.23. The molecule has 0 radical (unpaired) electrons. The Morgan fingerprint density at radius 3 is 2.53 bits per heavy atom. The van der Waals surface area contributed by atoms with Crippen LogP contribution in [0, 0.1) is 11.6 Å². The van der Waals surface area contributed by atoms with E-state index in [1.807, 2.05) is 42.5 Å². The molecular formula is C26H25F2N5O. The van der Waals surface area contributed by atoms with Gasteiger partial charge >= 0.3 is 0 Å². The van der Waals surface area contributed by atoms with Crippen LogP contribution in [0.3, 0.4) is 0 Å². The van der Waals surface area contributed by atoms with Crippen molar-refractivity contribution in [2.75, 3.05) is 43.4 Å². The summed E-state index contributed by atoms with van der Waals surface area (Å²) in [4.78, 5) is 17.5. The summed E-state index contributed by atoms with van der Waals surface area (Å²) in [6.45, 7) is 3.96. The van der Waals surface area contributed by atoms with Gasteiger partial charge in [-0.2, -0.15) is 5.10 Å². The lowest BCUT2D eigenvalue weighted by molar-refractivity contribution is 0.102. The molecule has 174 valence electrons. The first kappa shape index (κ1) is 22.0. The molecule has 2 N–H and O–H groups in total. The van der Waals surface area contributed by atoms with E-state index in [1.54, 1.807) is 0 Å². The molecule has 2 heterocycles. The van der Waals surface area contributed by atoms with Crippen molar-refractivity contribution in [3.8, 4) is 0 Å². The fraction of sp³-hybridized carbons (Fsp3) is 0.231. The average molecular weight is 462 g/mol. The first-order chi connectivity index (χ1) is 16.5. The van der Waals surface area contributed by atoms with E-state index in [1.165, 1.54) is 6.07 Å². The summed E-state index contributed by atoms with van der Waals surface area (Å²) in [5, 5.41) is 10.7. The van der Waals surface area contributed by atoms with E-state index in [-0.39, 0.29) is 17.9 Å². The molecule has 4 aromatic rings. The summed E-state index contributed by atoms with van der Waals surface area (Å²) >= 11 is 0. The van der Waals surface area contributed by atoms with Gasteiger partial charge in [-0.05, 0) is 72.8 Å². The summed E-state index contributed by atoms with van der Waals surface area (Å²) in [6, 6.07) is 16.5. The van der Waals surface area contributed by atoms with E-state index in [0.717, 1.165) is 55.1 Å². The van der Waals surface area contributed by atoms with Crippen molar-refractivity contribution in [2.45, 2.75) is 6.42 Å². The largest absolute Gasteiger partial charge is 0.369 e. The highest BCUT2D eigenvalue weighted by molar-refractivity contribution is 6.08. The van der Waals surface area contributed by atoms with Crippen LogP contribution < -0.4 is 10.2 Å². The van der Waals surface area contributed by atoms with Gasteiger partial charge in [0, 0.05) is 49.2 Å². The lowest BCUT2D eigenvalue weighted by Crippen LogP contribution is -2.44. The lowest BCUT2D eigenvalue weighted by Gasteiger charge is -2.34. The maximum atomic E-state index is 14.1. The number of halogens is 2. The Balaban J connectivity index is 1.32. The van der Waals surface area contributed by atoms with Crippen LogP contribution in [-0.4, -0.2) is 54.2 Å². The first-order valence-electron chi connectivity index (χ1n) is 11.2. The number of nitrogens with zero attached hydrogens (tertiary/aromatic N) is 3. The van der Waals surface area contributed by atoms with Crippen LogP contribution in [0.15, 0.2) is 60.7 Å². The molecule has 1 aliphatic rings. The van der Waals surface area contributed by atoms with Gasteiger partial charge in [0.15, 0.2) is 5.82 Å². The Kier molecular flexibility index (Phi) is 5.98. The highest BCUT2D eigenvalue weighted by atomic mass is 19.1. The Bertz CT molecular complexity index is 1330. The molecule has 8 heteroatoms. The molecule has 0 atom stereocenters. The van der Waals surface area contributed by atoms with Crippen LogP contribution >= 0.6 is 0 Å². The van der Waals surface area contributed by atoms with Crippen LogP contribution in [0.1, 0.15) is 21.5 Å². The SMILES string of the molecule is CN1CCN(c2ccc(C(=O)Nc3n[nH]c4ccc(Cc5cc(F)ccc5F)cc34)cc2)CC1. The van der Waals surface area contributed by atoms with E-state index in [2.05, 4.69) is 32.4 Å². The Morgan fingerprint density at radius 1 is 1.00 bits per heavy atom. The van der Waals surface area contributed by atoms with Crippen LogP contribution in [0.4, 0.5) is 20.3 Å². The van der Waals surface area contributed by atoms with Crippen molar-refractivity contribution in [2.24, 2.45) is 0 Å². The van der Waals surface area contributed by atoms with Crippen molar-refractivity contribution in [3.05, 3.63) is 89.0 Å². The minimum Gasteiger partial charge on any atom is -0.369 e. The number of carbonyl (C=O) groups is 1. The van der Waals surface area contributed by atoms with Crippen molar-refractivity contribution in [1.82, 2.24) is 15.1 Å². The van der Waals surface area contributed by atoms with Gasteiger partial charge in [-0.3, -0.25) is 9.89 Å². The second-order valence-electron chi connectivity index (χ2n) is 8.66. The van der Waals surface area contributed by atoms with Crippen molar-refractivity contribution in [1.29, 1.82) is 0 Å².